The normalized spacial score (nSPS) is 17.9. The van der Waals surface area contributed by atoms with Crippen LogP contribution in [0.25, 0.3) is 5.57 Å². The summed E-state index contributed by atoms with van der Waals surface area (Å²) in [6.07, 6.45) is 1.73. The second-order valence-electron chi connectivity index (χ2n) is 7.18. The topological polar surface area (TPSA) is 17.2 Å². The molecule has 3 nitrogen and oxygen atoms in total. The lowest BCUT2D eigenvalue weighted by Crippen LogP contribution is -2.51. The molecule has 2 aromatic rings. The molecule has 140 valence electrons. The van der Waals surface area contributed by atoms with Crippen molar-refractivity contribution in [2.24, 2.45) is 0 Å². The van der Waals surface area contributed by atoms with E-state index in [-0.39, 0.29) is 5.56 Å². The Bertz CT molecular complexity index is 1090. The molecule has 7 heteroatoms. The highest BCUT2D eigenvalue weighted by Crippen LogP contribution is 2.44. The number of allylic oxidation sites excluding steroid dienone is 2. The molecule has 0 saturated heterocycles. The number of ether oxygens (including phenoxy) is 1. The fourth-order valence-corrected chi connectivity index (χ4v) is 4.38. The molecule has 0 spiro atoms. The third kappa shape index (κ3) is 2.27. The average molecular weight is 372 g/mol. The molecule has 1 aromatic heterocycles. The summed E-state index contributed by atoms with van der Waals surface area (Å²) in [5.41, 5.74) is 3.81. The number of hydrogen-bond acceptors (Lipinski definition) is 1. The van der Waals surface area contributed by atoms with Gasteiger partial charge in [0.25, 0.3) is 0 Å². The van der Waals surface area contributed by atoms with Gasteiger partial charge < -0.3 is 22.3 Å². The van der Waals surface area contributed by atoms with E-state index in [9.17, 15) is 4.39 Å². The predicted molar refractivity (Wildman–Crippen MR) is 101 cm³/mol. The lowest BCUT2D eigenvalue weighted by molar-refractivity contribution is -0.363. The summed E-state index contributed by atoms with van der Waals surface area (Å²) in [6, 6.07) is 6.25. The first kappa shape index (κ1) is 17.7. The lowest BCUT2D eigenvalue weighted by Gasteiger charge is -2.34. The van der Waals surface area contributed by atoms with Crippen LogP contribution in [0.4, 0.5) is 13.0 Å². The van der Waals surface area contributed by atoms with Crippen LogP contribution in [0.1, 0.15) is 36.4 Å². The largest absolute Gasteiger partial charge is 0.737 e. The summed E-state index contributed by atoms with van der Waals surface area (Å²) in [6.45, 7) is 2.83. The predicted octanol–water partition coefficient (Wildman–Crippen LogP) is 4.68. The quantitative estimate of drug-likeness (QED) is 0.700. The molecule has 2 aliphatic rings. The van der Waals surface area contributed by atoms with Crippen LogP contribution in [0.3, 0.4) is 0 Å². The Morgan fingerprint density at radius 2 is 1.78 bits per heavy atom. The smallest absolute Gasteiger partial charge is 0.497 e. The van der Waals surface area contributed by atoms with E-state index in [1.807, 2.05) is 0 Å². The number of methoxy groups -OCH3 is 1. The van der Waals surface area contributed by atoms with Crippen LogP contribution < -0.4 is 4.74 Å². The van der Waals surface area contributed by atoms with E-state index in [0.29, 0.717) is 45.3 Å². The van der Waals surface area contributed by atoms with Crippen LogP contribution in [0.2, 0.25) is 0 Å². The first-order valence-electron chi connectivity index (χ1n) is 8.79. The van der Waals surface area contributed by atoms with Crippen LogP contribution in [-0.2, 0) is 0 Å². The summed E-state index contributed by atoms with van der Waals surface area (Å²) in [4.78, 5) is 0. The summed E-state index contributed by atoms with van der Waals surface area (Å²) in [5, 5.41) is 0. The number of aryl methyl sites for hydroxylation is 2. The standard InChI is InChI=1S/C20H20BF3N2O/c1-11-8-13(3)25-19(11)18(16-7-6-15(27-5)10-17(16)22)20-12(2)9-14(4)26(20)21(25,23)24/h6-10H,1-5H3. The molecular weight excluding hydrogens is 352 g/mol. The molecule has 0 saturated carbocycles. The number of benzene rings is 1. The van der Waals surface area contributed by atoms with Crippen molar-refractivity contribution in [2.45, 2.75) is 27.7 Å². The van der Waals surface area contributed by atoms with Crippen LogP contribution in [0, 0.1) is 19.7 Å². The third-order valence-corrected chi connectivity index (χ3v) is 5.38. The van der Waals surface area contributed by atoms with Crippen molar-refractivity contribution >= 4 is 18.3 Å². The Kier molecular flexibility index (Phi) is 3.70. The van der Waals surface area contributed by atoms with Crippen molar-refractivity contribution in [1.29, 1.82) is 0 Å². The molecule has 1 aromatic carbocycles. The number of aromatic nitrogens is 1. The Balaban J connectivity index is 2.15. The van der Waals surface area contributed by atoms with Crippen molar-refractivity contribution < 1.29 is 22.2 Å². The summed E-state index contributed by atoms with van der Waals surface area (Å²) >= 11 is 0. The summed E-state index contributed by atoms with van der Waals surface area (Å²) in [7, 11) is 1.46. The maximum absolute atomic E-state index is 15.5. The molecule has 0 atom stereocenters. The molecule has 0 radical (unpaired) electrons. The molecule has 0 amide bonds. The SMILES string of the molecule is COc1ccc(C2=C3C(C)=CC(C)=[N+]3[B-](F)(F)n3c(C)cc(C)c32)c(F)c1. The first-order valence-corrected chi connectivity index (χ1v) is 8.79. The molecular formula is C20H20BF3N2O. The molecule has 0 bridgehead atoms. The number of halogens is 3. The number of rotatable bonds is 2. The van der Waals surface area contributed by atoms with Crippen LogP contribution in [0.15, 0.2) is 41.6 Å². The van der Waals surface area contributed by atoms with E-state index in [0.717, 1.165) is 8.96 Å². The van der Waals surface area contributed by atoms with Crippen LogP contribution in [-0.4, -0.2) is 28.8 Å². The second-order valence-corrected chi connectivity index (χ2v) is 7.18. The van der Waals surface area contributed by atoms with Gasteiger partial charge in [0.1, 0.15) is 17.3 Å². The molecule has 4 rings (SSSR count). The fourth-order valence-electron chi connectivity index (χ4n) is 4.38. The molecule has 0 aliphatic carbocycles. The molecule has 0 unspecified atom stereocenters. The van der Waals surface area contributed by atoms with Crippen LogP contribution in [0.5, 0.6) is 5.75 Å². The van der Waals surface area contributed by atoms with Crippen LogP contribution >= 0.6 is 0 Å². The number of nitrogens with zero attached hydrogens (tertiary/aromatic N) is 2. The van der Waals surface area contributed by atoms with Gasteiger partial charge in [-0.25, -0.2) is 4.39 Å². The minimum absolute atomic E-state index is 0.284. The van der Waals surface area contributed by atoms with Gasteiger partial charge in [-0.15, -0.1) is 0 Å². The van der Waals surface area contributed by atoms with Crippen molar-refractivity contribution in [3.63, 3.8) is 0 Å². The van der Waals surface area contributed by atoms with Gasteiger partial charge in [-0.05, 0) is 50.2 Å². The maximum Gasteiger partial charge on any atom is 0.737 e. The zero-order valence-electron chi connectivity index (χ0n) is 15.9. The van der Waals surface area contributed by atoms with Gasteiger partial charge >= 0.3 is 6.97 Å². The average Bonchev–Trinajstić information content (AvgIpc) is 3.06. The number of hydrogen-bond donors (Lipinski definition) is 0. The minimum atomic E-state index is -4.06. The maximum atomic E-state index is 15.5. The van der Waals surface area contributed by atoms with Crippen molar-refractivity contribution in [3.05, 3.63) is 69.9 Å². The highest BCUT2D eigenvalue weighted by molar-refractivity contribution is 6.58. The summed E-state index contributed by atoms with van der Waals surface area (Å²) in [5.74, 6) is -0.120. The second kappa shape index (κ2) is 5.65. The highest BCUT2D eigenvalue weighted by Gasteiger charge is 2.55. The Labute approximate surface area is 156 Å². The van der Waals surface area contributed by atoms with Gasteiger partial charge in [-0.3, -0.25) is 0 Å². The first-order chi connectivity index (χ1) is 12.7. The van der Waals surface area contributed by atoms with Gasteiger partial charge in [-0.2, -0.15) is 0 Å². The van der Waals surface area contributed by atoms with Gasteiger partial charge in [0.05, 0.1) is 12.7 Å². The van der Waals surface area contributed by atoms with Crippen molar-refractivity contribution in [1.82, 2.24) is 4.48 Å². The highest BCUT2D eigenvalue weighted by atomic mass is 19.2. The van der Waals surface area contributed by atoms with Gasteiger partial charge in [0, 0.05) is 35.9 Å². The fraction of sp³-hybridized carbons (Fsp3) is 0.250. The zero-order chi connectivity index (χ0) is 19.7. The molecule has 0 N–H and O–H groups in total. The number of fused-ring (bicyclic) bond motifs is 2. The van der Waals surface area contributed by atoms with E-state index in [1.54, 1.807) is 52.0 Å². The van der Waals surface area contributed by atoms with E-state index >= 15 is 8.63 Å². The zero-order valence-corrected chi connectivity index (χ0v) is 15.9. The minimum Gasteiger partial charge on any atom is -0.497 e. The molecule has 27 heavy (non-hydrogen) atoms. The lowest BCUT2D eigenvalue weighted by atomic mass is 9.83. The molecule has 2 aliphatic heterocycles. The van der Waals surface area contributed by atoms with Gasteiger partial charge in [0.15, 0.2) is 5.70 Å². The summed E-state index contributed by atoms with van der Waals surface area (Å²) < 4.78 is 53.2. The monoisotopic (exact) mass is 372 g/mol. The Morgan fingerprint density at radius 3 is 2.41 bits per heavy atom. The third-order valence-electron chi connectivity index (χ3n) is 5.38. The molecule has 0 fully saturated rings. The van der Waals surface area contributed by atoms with Gasteiger partial charge in [-0.1, -0.05) is 0 Å². The van der Waals surface area contributed by atoms with E-state index in [2.05, 4.69) is 0 Å². The Morgan fingerprint density at radius 1 is 1.07 bits per heavy atom. The Hall–Kier alpha value is -2.70. The van der Waals surface area contributed by atoms with E-state index in [1.165, 1.54) is 13.2 Å². The van der Waals surface area contributed by atoms with Crippen molar-refractivity contribution in [2.75, 3.05) is 7.11 Å². The molecule has 3 heterocycles. The van der Waals surface area contributed by atoms with E-state index in [4.69, 9.17) is 4.74 Å². The van der Waals surface area contributed by atoms with E-state index < -0.39 is 12.8 Å². The van der Waals surface area contributed by atoms with Crippen molar-refractivity contribution in [3.8, 4) is 5.75 Å². The van der Waals surface area contributed by atoms with Gasteiger partial charge in [0.2, 0.25) is 0 Å².